The second-order valence-electron chi connectivity index (χ2n) is 9.24. The van der Waals surface area contributed by atoms with Gasteiger partial charge >= 0.3 is 11.9 Å². The van der Waals surface area contributed by atoms with Crippen LogP contribution in [0.1, 0.15) is 64.4 Å². The molecule has 5 atom stereocenters. The van der Waals surface area contributed by atoms with Crippen LogP contribution in [0.3, 0.4) is 0 Å². The van der Waals surface area contributed by atoms with Crippen molar-refractivity contribution in [1.29, 1.82) is 0 Å². The van der Waals surface area contributed by atoms with E-state index in [1.807, 2.05) is 42.2 Å². The molecule has 1 N–H and O–H groups in total. The maximum atomic E-state index is 13.6. The van der Waals surface area contributed by atoms with Crippen LogP contribution >= 0.6 is 0 Å². The summed E-state index contributed by atoms with van der Waals surface area (Å²) in [6, 6.07) is 8.86. The van der Waals surface area contributed by atoms with Gasteiger partial charge in [0.05, 0.1) is 26.2 Å². The van der Waals surface area contributed by atoms with Crippen molar-refractivity contribution in [2.24, 2.45) is 5.92 Å². The Morgan fingerprint density at radius 2 is 1.88 bits per heavy atom. The van der Waals surface area contributed by atoms with Gasteiger partial charge in [0.25, 0.3) is 0 Å². The predicted octanol–water partition coefficient (Wildman–Crippen LogP) is 3.25. The molecule has 33 heavy (non-hydrogen) atoms. The molecular weight excluding hydrogens is 420 g/mol. The van der Waals surface area contributed by atoms with Crippen molar-refractivity contribution in [3.63, 3.8) is 0 Å². The average Bonchev–Trinajstić information content (AvgIpc) is 3.19. The summed E-state index contributed by atoms with van der Waals surface area (Å²) >= 11 is 0. The number of benzene rings is 1. The van der Waals surface area contributed by atoms with E-state index in [4.69, 9.17) is 9.47 Å². The molecule has 1 aliphatic carbocycles. The smallest absolute Gasteiger partial charge is 0.323 e. The van der Waals surface area contributed by atoms with E-state index in [0.717, 1.165) is 31.2 Å². The Hall–Kier alpha value is -2.41. The molecule has 7 nitrogen and oxygen atoms in total. The van der Waals surface area contributed by atoms with Gasteiger partial charge in [0.2, 0.25) is 5.91 Å². The molecule has 1 saturated heterocycles. The van der Waals surface area contributed by atoms with Crippen molar-refractivity contribution in [2.75, 3.05) is 13.7 Å². The predicted molar refractivity (Wildman–Crippen MR) is 125 cm³/mol. The molecule has 182 valence electrons. The minimum absolute atomic E-state index is 0.0488. The van der Waals surface area contributed by atoms with Crippen LogP contribution < -0.4 is 5.32 Å². The van der Waals surface area contributed by atoms with Gasteiger partial charge < -0.3 is 14.4 Å². The average molecular weight is 459 g/mol. The van der Waals surface area contributed by atoms with Crippen molar-refractivity contribution in [1.82, 2.24) is 10.2 Å². The monoisotopic (exact) mass is 458 g/mol. The summed E-state index contributed by atoms with van der Waals surface area (Å²) in [5.41, 5.74) is 1.13. The van der Waals surface area contributed by atoms with Gasteiger partial charge in [0.15, 0.2) is 0 Å². The summed E-state index contributed by atoms with van der Waals surface area (Å²) in [5.74, 6) is -0.240. The molecule has 0 spiro atoms. The number of carbonyl (C=O) groups is 3. The molecule has 0 radical (unpaired) electrons. The van der Waals surface area contributed by atoms with Gasteiger partial charge in [-0.2, -0.15) is 0 Å². The van der Waals surface area contributed by atoms with Crippen LogP contribution in [-0.2, 0) is 30.3 Å². The SMILES string of the molecule is CCOC(=O)[C@H](CCc1ccccc1)N[C@@H](C)C(=O)N1C(CC(=O)OC)CC2CCCCC21. The summed E-state index contributed by atoms with van der Waals surface area (Å²) in [6.07, 6.45) is 6.64. The van der Waals surface area contributed by atoms with Crippen LogP contribution in [0.15, 0.2) is 30.3 Å². The number of nitrogens with zero attached hydrogens (tertiary/aromatic N) is 1. The highest BCUT2D eigenvalue weighted by atomic mass is 16.5. The zero-order valence-electron chi connectivity index (χ0n) is 20.1. The molecule has 3 rings (SSSR count). The zero-order chi connectivity index (χ0) is 23.8. The van der Waals surface area contributed by atoms with E-state index in [2.05, 4.69) is 5.32 Å². The molecule has 1 heterocycles. The first-order valence-electron chi connectivity index (χ1n) is 12.3. The number of aryl methyl sites for hydroxylation is 1. The molecule has 2 fully saturated rings. The highest BCUT2D eigenvalue weighted by molar-refractivity contribution is 5.84. The lowest BCUT2D eigenvalue weighted by Crippen LogP contribution is -2.54. The number of amides is 1. The van der Waals surface area contributed by atoms with Crippen LogP contribution in [0.5, 0.6) is 0 Å². The topological polar surface area (TPSA) is 84.9 Å². The van der Waals surface area contributed by atoms with E-state index in [0.29, 0.717) is 25.4 Å². The molecule has 1 aromatic rings. The third-order valence-electron chi connectivity index (χ3n) is 7.04. The van der Waals surface area contributed by atoms with Crippen molar-refractivity contribution < 1.29 is 23.9 Å². The van der Waals surface area contributed by atoms with E-state index in [9.17, 15) is 14.4 Å². The first-order valence-corrected chi connectivity index (χ1v) is 12.3. The van der Waals surface area contributed by atoms with Crippen molar-refractivity contribution in [2.45, 2.75) is 89.4 Å². The molecule has 0 aromatic heterocycles. The minimum Gasteiger partial charge on any atom is -0.469 e. The maximum Gasteiger partial charge on any atom is 0.323 e. The molecular formula is C26H38N2O5. The largest absolute Gasteiger partial charge is 0.469 e. The third-order valence-corrected chi connectivity index (χ3v) is 7.04. The van der Waals surface area contributed by atoms with Gasteiger partial charge in [-0.25, -0.2) is 0 Å². The molecule has 2 aliphatic rings. The summed E-state index contributed by atoms with van der Waals surface area (Å²) in [4.78, 5) is 40.2. The fraction of sp³-hybridized carbons (Fsp3) is 0.654. The first kappa shape index (κ1) is 25.2. The molecule has 0 bridgehead atoms. The number of esters is 2. The molecule has 1 aliphatic heterocycles. The number of hydrogen-bond donors (Lipinski definition) is 1. The van der Waals surface area contributed by atoms with Crippen LogP contribution in [0, 0.1) is 5.92 Å². The van der Waals surface area contributed by atoms with Crippen LogP contribution in [0.25, 0.3) is 0 Å². The van der Waals surface area contributed by atoms with E-state index in [1.54, 1.807) is 6.92 Å². The van der Waals surface area contributed by atoms with Gasteiger partial charge in [-0.3, -0.25) is 19.7 Å². The van der Waals surface area contributed by atoms with Crippen molar-refractivity contribution >= 4 is 17.8 Å². The van der Waals surface area contributed by atoms with Gasteiger partial charge in [0, 0.05) is 12.1 Å². The number of methoxy groups -OCH3 is 1. The lowest BCUT2D eigenvalue weighted by Gasteiger charge is -2.36. The number of likely N-dealkylation sites (tertiary alicyclic amines) is 1. The van der Waals surface area contributed by atoms with E-state index in [1.165, 1.54) is 13.5 Å². The Labute approximate surface area is 197 Å². The number of fused-ring (bicyclic) bond motifs is 1. The van der Waals surface area contributed by atoms with E-state index >= 15 is 0 Å². The Balaban J connectivity index is 1.70. The number of ether oxygens (including phenoxy) is 2. The molecule has 1 aromatic carbocycles. The Kier molecular flexibility index (Phi) is 9.30. The number of nitrogens with one attached hydrogen (secondary N) is 1. The fourth-order valence-corrected chi connectivity index (χ4v) is 5.43. The summed E-state index contributed by atoms with van der Waals surface area (Å²) in [7, 11) is 1.39. The standard InChI is InChI=1S/C26H38N2O5/c1-4-33-26(31)22(15-14-19-10-6-5-7-11-19)27-18(2)25(30)28-21(17-24(29)32-3)16-20-12-8-9-13-23(20)28/h5-7,10-11,18,20-23,27H,4,8-9,12-17H2,1-3H3/t18-,20?,21?,22-,23?/m0/s1. The summed E-state index contributed by atoms with van der Waals surface area (Å²) in [5, 5.41) is 3.25. The summed E-state index contributed by atoms with van der Waals surface area (Å²) < 4.78 is 10.2. The van der Waals surface area contributed by atoms with E-state index in [-0.39, 0.29) is 36.4 Å². The second kappa shape index (κ2) is 12.2. The van der Waals surface area contributed by atoms with Gasteiger partial charge in [-0.15, -0.1) is 0 Å². The Morgan fingerprint density at radius 1 is 1.15 bits per heavy atom. The normalized spacial score (nSPS) is 24.0. The quantitative estimate of drug-likeness (QED) is 0.542. The van der Waals surface area contributed by atoms with Gasteiger partial charge in [-0.1, -0.05) is 43.2 Å². The van der Waals surface area contributed by atoms with E-state index < -0.39 is 12.1 Å². The first-order chi connectivity index (χ1) is 15.9. The lowest BCUT2D eigenvalue weighted by atomic mass is 9.84. The number of carbonyl (C=O) groups excluding carboxylic acids is 3. The number of rotatable bonds is 10. The fourth-order valence-electron chi connectivity index (χ4n) is 5.43. The Bertz CT molecular complexity index is 799. The summed E-state index contributed by atoms with van der Waals surface area (Å²) in [6.45, 7) is 3.88. The highest BCUT2D eigenvalue weighted by Gasteiger charge is 2.46. The maximum absolute atomic E-state index is 13.6. The third kappa shape index (κ3) is 6.56. The number of hydrogen-bond acceptors (Lipinski definition) is 6. The molecule has 1 saturated carbocycles. The van der Waals surface area contributed by atoms with Crippen molar-refractivity contribution in [3.8, 4) is 0 Å². The highest BCUT2D eigenvalue weighted by Crippen LogP contribution is 2.41. The molecule has 7 heteroatoms. The van der Waals surface area contributed by atoms with Crippen molar-refractivity contribution in [3.05, 3.63) is 35.9 Å². The van der Waals surface area contributed by atoms with Gasteiger partial charge in [0.1, 0.15) is 6.04 Å². The molecule has 1 amide bonds. The van der Waals surface area contributed by atoms with Crippen LogP contribution in [0.2, 0.25) is 0 Å². The Morgan fingerprint density at radius 3 is 2.58 bits per heavy atom. The zero-order valence-corrected chi connectivity index (χ0v) is 20.1. The molecule has 3 unspecified atom stereocenters. The second-order valence-corrected chi connectivity index (χ2v) is 9.24. The van der Waals surface area contributed by atoms with Crippen LogP contribution in [-0.4, -0.2) is 60.6 Å². The van der Waals surface area contributed by atoms with Gasteiger partial charge in [-0.05, 0) is 57.4 Å². The minimum atomic E-state index is -0.576. The lowest BCUT2D eigenvalue weighted by molar-refractivity contribution is -0.146. The van der Waals surface area contributed by atoms with Crippen LogP contribution in [0.4, 0.5) is 0 Å².